The van der Waals surface area contributed by atoms with Crippen LogP contribution >= 0.6 is 0 Å². The van der Waals surface area contributed by atoms with Crippen LogP contribution in [0.1, 0.15) is 35.2 Å². The van der Waals surface area contributed by atoms with Crippen molar-refractivity contribution in [3.05, 3.63) is 22.8 Å². The summed E-state index contributed by atoms with van der Waals surface area (Å²) in [6.07, 6.45) is -2.01. The average Bonchev–Trinajstić information content (AvgIpc) is 2.80. The maximum absolute atomic E-state index is 10.1. The van der Waals surface area contributed by atoms with Gasteiger partial charge in [0.2, 0.25) is 0 Å². The molecule has 3 rings (SSSR count). The van der Waals surface area contributed by atoms with Crippen LogP contribution in [0.3, 0.4) is 0 Å². The van der Waals surface area contributed by atoms with Gasteiger partial charge in [-0.15, -0.1) is 10.2 Å². The van der Waals surface area contributed by atoms with Crippen molar-refractivity contribution in [1.82, 2.24) is 30.0 Å². The molecule has 2 atom stereocenters. The molecule has 1 aliphatic rings. The molecule has 0 bridgehead atoms. The summed E-state index contributed by atoms with van der Waals surface area (Å²) in [5, 5.41) is 35.4. The number of aliphatic hydroxyl groups is 2. The van der Waals surface area contributed by atoms with E-state index in [4.69, 9.17) is 0 Å². The lowest BCUT2D eigenvalue weighted by molar-refractivity contribution is 0.0405. The zero-order valence-electron chi connectivity index (χ0n) is 8.73. The smallest absolute Gasteiger partial charge is 0.194 e. The minimum Gasteiger partial charge on any atom is -0.366 e. The van der Waals surface area contributed by atoms with E-state index in [0.717, 1.165) is 0 Å². The SMILES string of the molecule is Cc1nnn2c1[C@H](O)n1nnc(C)c1[C@H]2O. The van der Waals surface area contributed by atoms with E-state index in [1.54, 1.807) is 13.8 Å². The van der Waals surface area contributed by atoms with E-state index in [0.29, 0.717) is 22.8 Å². The molecule has 1 aliphatic heterocycles. The normalized spacial score (nSPS) is 23.0. The van der Waals surface area contributed by atoms with Gasteiger partial charge in [-0.1, -0.05) is 10.4 Å². The highest BCUT2D eigenvalue weighted by Gasteiger charge is 2.35. The maximum Gasteiger partial charge on any atom is 0.194 e. The summed E-state index contributed by atoms with van der Waals surface area (Å²) in [6, 6.07) is 0. The second-order valence-electron chi connectivity index (χ2n) is 3.76. The van der Waals surface area contributed by atoms with E-state index in [2.05, 4.69) is 20.6 Å². The van der Waals surface area contributed by atoms with Crippen LogP contribution < -0.4 is 0 Å². The molecule has 0 spiro atoms. The first-order chi connectivity index (χ1) is 7.61. The highest BCUT2D eigenvalue weighted by molar-refractivity contribution is 5.23. The Labute approximate surface area is 90.1 Å². The highest BCUT2D eigenvalue weighted by Crippen LogP contribution is 2.31. The van der Waals surface area contributed by atoms with Gasteiger partial charge in [-0.25, -0.2) is 9.36 Å². The standard InChI is InChI=1S/C8H10N6O2/c1-3-5-7(15)14-6(4(2)10-12-14)8(16)13(5)11-9-3/h7-8,15-16H,1-2H3/t7-,8+. The number of hydrogen-bond donors (Lipinski definition) is 2. The molecule has 2 aromatic heterocycles. The third-order valence-electron chi connectivity index (χ3n) is 2.77. The molecule has 2 aromatic rings. The third-order valence-corrected chi connectivity index (χ3v) is 2.77. The van der Waals surface area contributed by atoms with Gasteiger partial charge < -0.3 is 10.2 Å². The minimum absolute atomic E-state index is 0.435. The van der Waals surface area contributed by atoms with E-state index in [-0.39, 0.29) is 0 Å². The van der Waals surface area contributed by atoms with Crippen LogP contribution in [0.15, 0.2) is 0 Å². The zero-order chi connectivity index (χ0) is 11.4. The molecule has 8 heteroatoms. The number of fused-ring (bicyclic) bond motifs is 2. The molecule has 2 N–H and O–H groups in total. The molecule has 0 saturated heterocycles. The van der Waals surface area contributed by atoms with Crippen molar-refractivity contribution in [2.45, 2.75) is 26.3 Å². The molecule has 0 aromatic carbocycles. The molecule has 16 heavy (non-hydrogen) atoms. The summed E-state index contributed by atoms with van der Waals surface area (Å²) in [7, 11) is 0. The van der Waals surface area contributed by atoms with Crippen LogP contribution in [0, 0.1) is 13.8 Å². The van der Waals surface area contributed by atoms with E-state index in [1.807, 2.05) is 0 Å². The van der Waals surface area contributed by atoms with Gasteiger partial charge in [-0.05, 0) is 13.8 Å². The fourth-order valence-corrected chi connectivity index (χ4v) is 1.96. The summed E-state index contributed by atoms with van der Waals surface area (Å²) in [4.78, 5) is 0. The van der Waals surface area contributed by atoms with Crippen LogP contribution in [-0.4, -0.2) is 40.2 Å². The van der Waals surface area contributed by atoms with E-state index >= 15 is 0 Å². The Hall–Kier alpha value is -1.80. The first-order valence-corrected chi connectivity index (χ1v) is 4.80. The largest absolute Gasteiger partial charge is 0.366 e. The Balaban J connectivity index is 2.29. The average molecular weight is 222 g/mol. The summed E-state index contributed by atoms with van der Waals surface area (Å²) in [5.41, 5.74) is 1.99. The topological polar surface area (TPSA) is 102 Å². The van der Waals surface area contributed by atoms with Crippen molar-refractivity contribution in [2.24, 2.45) is 0 Å². The quantitative estimate of drug-likeness (QED) is 0.585. The second-order valence-corrected chi connectivity index (χ2v) is 3.76. The van der Waals surface area contributed by atoms with Crippen molar-refractivity contribution in [3.63, 3.8) is 0 Å². The van der Waals surface area contributed by atoms with Crippen molar-refractivity contribution in [3.8, 4) is 0 Å². The van der Waals surface area contributed by atoms with Crippen molar-refractivity contribution in [1.29, 1.82) is 0 Å². The van der Waals surface area contributed by atoms with Gasteiger partial charge in [0.15, 0.2) is 12.5 Å². The fraction of sp³-hybridized carbons (Fsp3) is 0.500. The van der Waals surface area contributed by atoms with Gasteiger partial charge in [0, 0.05) is 0 Å². The van der Waals surface area contributed by atoms with Crippen molar-refractivity contribution >= 4 is 0 Å². The number of aromatic nitrogens is 6. The predicted molar refractivity (Wildman–Crippen MR) is 50.2 cm³/mol. The number of aliphatic hydroxyl groups excluding tert-OH is 2. The summed E-state index contributed by atoms with van der Waals surface area (Å²) >= 11 is 0. The van der Waals surface area contributed by atoms with Gasteiger partial charge >= 0.3 is 0 Å². The molecule has 0 unspecified atom stereocenters. The van der Waals surface area contributed by atoms with Gasteiger partial charge in [-0.2, -0.15) is 0 Å². The molecule has 0 radical (unpaired) electrons. The molecule has 84 valence electrons. The maximum atomic E-state index is 10.1. The minimum atomic E-state index is -1.01. The Kier molecular flexibility index (Phi) is 1.69. The van der Waals surface area contributed by atoms with E-state index in [9.17, 15) is 10.2 Å². The number of hydrogen-bond acceptors (Lipinski definition) is 6. The lowest BCUT2D eigenvalue weighted by Gasteiger charge is -2.25. The zero-order valence-corrected chi connectivity index (χ0v) is 8.73. The summed E-state index contributed by atoms with van der Waals surface area (Å²) in [5.74, 6) is 0. The molecular formula is C8H10N6O2. The molecule has 0 amide bonds. The number of nitrogens with zero attached hydrogens (tertiary/aromatic N) is 6. The number of aryl methyl sites for hydroxylation is 2. The lowest BCUT2D eigenvalue weighted by Crippen LogP contribution is -2.30. The van der Waals surface area contributed by atoms with Gasteiger partial charge in [0.05, 0.1) is 11.4 Å². The molecule has 8 nitrogen and oxygen atoms in total. The van der Waals surface area contributed by atoms with Gasteiger partial charge in [0.25, 0.3) is 0 Å². The molecule has 0 fully saturated rings. The summed E-state index contributed by atoms with van der Waals surface area (Å²) < 4.78 is 2.57. The third kappa shape index (κ3) is 0.947. The van der Waals surface area contributed by atoms with Crippen LogP contribution in [0.2, 0.25) is 0 Å². The Morgan fingerprint density at radius 2 is 1.25 bits per heavy atom. The molecular weight excluding hydrogens is 212 g/mol. The van der Waals surface area contributed by atoms with Gasteiger partial charge in [-0.3, -0.25) is 0 Å². The second kappa shape index (κ2) is 2.86. The Morgan fingerprint density at radius 3 is 1.62 bits per heavy atom. The van der Waals surface area contributed by atoms with E-state index in [1.165, 1.54) is 9.36 Å². The highest BCUT2D eigenvalue weighted by atomic mass is 16.3. The Bertz CT molecular complexity index is 509. The van der Waals surface area contributed by atoms with Crippen LogP contribution in [0.4, 0.5) is 0 Å². The predicted octanol–water partition coefficient (Wildman–Crippen LogP) is -1.12. The van der Waals surface area contributed by atoms with Crippen LogP contribution in [0.5, 0.6) is 0 Å². The lowest BCUT2D eigenvalue weighted by atomic mass is 10.2. The van der Waals surface area contributed by atoms with Crippen LogP contribution in [-0.2, 0) is 0 Å². The van der Waals surface area contributed by atoms with Crippen molar-refractivity contribution in [2.75, 3.05) is 0 Å². The molecule has 3 heterocycles. The summed E-state index contributed by atoms with van der Waals surface area (Å²) in [6.45, 7) is 3.42. The van der Waals surface area contributed by atoms with E-state index < -0.39 is 12.5 Å². The fourth-order valence-electron chi connectivity index (χ4n) is 1.96. The Morgan fingerprint density at radius 1 is 0.875 bits per heavy atom. The molecule has 0 aliphatic carbocycles. The first kappa shape index (κ1) is 9.43. The molecule has 0 saturated carbocycles. The van der Waals surface area contributed by atoms with Crippen LogP contribution in [0.25, 0.3) is 0 Å². The number of rotatable bonds is 0. The van der Waals surface area contributed by atoms with Crippen molar-refractivity contribution < 1.29 is 10.2 Å². The van der Waals surface area contributed by atoms with Gasteiger partial charge in [0.1, 0.15) is 11.4 Å². The monoisotopic (exact) mass is 222 g/mol. The first-order valence-electron chi connectivity index (χ1n) is 4.80.